The molecule has 5 nitrogen and oxygen atoms in total. The lowest BCUT2D eigenvalue weighted by molar-refractivity contribution is -0.116. The lowest BCUT2D eigenvalue weighted by atomic mass is 10.0. The molecule has 1 amide bonds. The van der Waals surface area contributed by atoms with Crippen LogP contribution in [0, 0.1) is 0 Å². The molecule has 0 radical (unpaired) electrons. The predicted molar refractivity (Wildman–Crippen MR) is 130 cm³/mol. The summed E-state index contributed by atoms with van der Waals surface area (Å²) in [5, 5.41) is 5.26. The summed E-state index contributed by atoms with van der Waals surface area (Å²) in [6, 6.07) is 16.0. The largest absolute Gasteiger partial charge is 0.494 e. The fourth-order valence-electron chi connectivity index (χ4n) is 3.32. The maximum absolute atomic E-state index is 12.5. The van der Waals surface area contributed by atoms with E-state index in [1.165, 1.54) is 29.6 Å². The van der Waals surface area contributed by atoms with Crippen LogP contribution in [0.2, 0.25) is 0 Å². The monoisotopic (exact) mass is 451 g/mol. The van der Waals surface area contributed by atoms with Crippen LogP contribution in [-0.2, 0) is 22.4 Å². The molecule has 6 heteroatoms. The lowest BCUT2D eigenvalue weighted by Crippen LogP contribution is -2.14. The van der Waals surface area contributed by atoms with Gasteiger partial charge in [-0.05, 0) is 48.1 Å². The van der Waals surface area contributed by atoms with E-state index in [1.54, 1.807) is 0 Å². The summed E-state index contributed by atoms with van der Waals surface area (Å²) in [7, 11) is 1.35. The molecule has 0 bridgehead atoms. The standard InChI is InChI=1S/C26H29NO4S/c1-4-18-8-12-20(13-9-18)22-17-32-25(24(22)26(29)30-3)27-23(28)7-6-16-31-21-14-10-19(5-2)11-15-21/h8-15,17H,4-7,16H2,1-3H3,(H,27,28). The van der Waals surface area contributed by atoms with Crippen LogP contribution in [0.4, 0.5) is 5.00 Å². The maximum Gasteiger partial charge on any atom is 0.341 e. The minimum absolute atomic E-state index is 0.158. The number of rotatable bonds is 10. The minimum Gasteiger partial charge on any atom is -0.494 e. The summed E-state index contributed by atoms with van der Waals surface area (Å²) in [5.74, 6) is 0.178. The van der Waals surface area contributed by atoms with Crippen molar-refractivity contribution in [3.63, 3.8) is 0 Å². The molecule has 1 aromatic heterocycles. The molecular weight excluding hydrogens is 422 g/mol. The van der Waals surface area contributed by atoms with E-state index in [0.717, 1.165) is 29.7 Å². The predicted octanol–water partition coefficient (Wildman–Crippen LogP) is 6.12. The fraction of sp³-hybridized carbons (Fsp3) is 0.308. The van der Waals surface area contributed by atoms with Crippen LogP contribution in [0.1, 0.15) is 48.2 Å². The molecule has 0 atom stereocenters. The molecule has 1 heterocycles. The maximum atomic E-state index is 12.5. The first-order valence-electron chi connectivity index (χ1n) is 10.9. The molecule has 2 aromatic carbocycles. The zero-order valence-corrected chi connectivity index (χ0v) is 19.6. The number of benzene rings is 2. The average Bonchev–Trinajstić information content (AvgIpc) is 3.25. The van der Waals surface area contributed by atoms with Gasteiger partial charge in [-0.1, -0.05) is 50.2 Å². The van der Waals surface area contributed by atoms with Gasteiger partial charge in [-0.2, -0.15) is 0 Å². The van der Waals surface area contributed by atoms with Gasteiger partial charge in [-0.15, -0.1) is 11.3 Å². The molecule has 0 saturated carbocycles. The van der Waals surface area contributed by atoms with E-state index >= 15 is 0 Å². The van der Waals surface area contributed by atoms with Crippen LogP contribution < -0.4 is 10.1 Å². The molecule has 0 aliphatic heterocycles. The Morgan fingerprint density at radius 3 is 2.16 bits per heavy atom. The third-order valence-corrected chi connectivity index (χ3v) is 6.15. The van der Waals surface area contributed by atoms with Crippen LogP contribution in [0.5, 0.6) is 5.75 Å². The fourth-order valence-corrected chi connectivity index (χ4v) is 4.29. The first kappa shape index (κ1) is 23.5. The van der Waals surface area contributed by atoms with Gasteiger partial charge in [0.1, 0.15) is 16.3 Å². The van der Waals surface area contributed by atoms with Crippen molar-refractivity contribution in [1.29, 1.82) is 0 Å². The van der Waals surface area contributed by atoms with Gasteiger partial charge in [0.25, 0.3) is 0 Å². The zero-order valence-electron chi connectivity index (χ0n) is 18.8. The molecule has 3 rings (SSSR count). The van der Waals surface area contributed by atoms with Crippen LogP contribution in [0.25, 0.3) is 11.1 Å². The summed E-state index contributed by atoms with van der Waals surface area (Å²) in [6.07, 6.45) is 2.81. The van der Waals surface area contributed by atoms with Gasteiger partial charge in [0.15, 0.2) is 0 Å². The number of aryl methyl sites for hydroxylation is 2. The van der Waals surface area contributed by atoms with Crippen molar-refractivity contribution in [2.45, 2.75) is 39.5 Å². The molecule has 0 aliphatic carbocycles. The van der Waals surface area contributed by atoms with Gasteiger partial charge < -0.3 is 14.8 Å². The van der Waals surface area contributed by atoms with Crippen molar-refractivity contribution >= 4 is 28.2 Å². The van der Waals surface area contributed by atoms with Crippen LogP contribution in [0.3, 0.4) is 0 Å². The Kier molecular flexibility index (Phi) is 8.45. The second kappa shape index (κ2) is 11.5. The van der Waals surface area contributed by atoms with Gasteiger partial charge >= 0.3 is 5.97 Å². The Morgan fingerprint density at radius 2 is 1.56 bits per heavy atom. The number of amides is 1. The number of hydrogen-bond acceptors (Lipinski definition) is 5. The topological polar surface area (TPSA) is 64.6 Å². The van der Waals surface area contributed by atoms with E-state index in [0.29, 0.717) is 30.0 Å². The number of esters is 1. The number of methoxy groups -OCH3 is 1. The summed E-state index contributed by atoms with van der Waals surface area (Å²) in [6.45, 7) is 4.65. The molecule has 0 saturated heterocycles. The van der Waals surface area contributed by atoms with Gasteiger partial charge in [-0.25, -0.2) is 4.79 Å². The van der Waals surface area contributed by atoms with Crippen molar-refractivity contribution in [3.05, 3.63) is 70.6 Å². The van der Waals surface area contributed by atoms with E-state index in [2.05, 4.69) is 19.2 Å². The molecule has 0 unspecified atom stereocenters. The van der Waals surface area contributed by atoms with Crippen LogP contribution >= 0.6 is 11.3 Å². The molecule has 0 spiro atoms. The lowest BCUT2D eigenvalue weighted by Gasteiger charge is -2.09. The second-order valence-electron chi connectivity index (χ2n) is 7.39. The highest BCUT2D eigenvalue weighted by Gasteiger charge is 2.22. The Labute approximate surface area is 193 Å². The highest BCUT2D eigenvalue weighted by Crippen LogP contribution is 2.36. The summed E-state index contributed by atoms with van der Waals surface area (Å²) >= 11 is 1.33. The van der Waals surface area contributed by atoms with Crippen molar-refractivity contribution in [3.8, 4) is 16.9 Å². The number of carbonyl (C=O) groups is 2. The van der Waals surface area contributed by atoms with Gasteiger partial charge in [0.2, 0.25) is 5.91 Å². The quantitative estimate of drug-likeness (QED) is 0.298. The van der Waals surface area contributed by atoms with E-state index < -0.39 is 5.97 Å². The molecule has 0 aliphatic rings. The molecule has 168 valence electrons. The number of carbonyl (C=O) groups excluding carboxylic acids is 2. The Hall–Kier alpha value is -3.12. The number of ether oxygens (including phenoxy) is 2. The van der Waals surface area contributed by atoms with E-state index in [9.17, 15) is 9.59 Å². The highest BCUT2D eigenvalue weighted by atomic mass is 32.1. The Morgan fingerprint density at radius 1 is 0.938 bits per heavy atom. The third-order valence-electron chi connectivity index (χ3n) is 5.26. The minimum atomic E-state index is -0.463. The summed E-state index contributed by atoms with van der Waals surface area (Å²) < 4.78 is 10.7. The first-order chi connectivity index (χ1) is 15.5. The number of thiophene rings is 1. The SMILES string of the molecule is CCc1ccc(OCCCC(=O)Nc2scc(-c3ccc(CC)cc3)c2C(=O)OC)cc1. The second-order valence-corrected chi connectivity index (χ2v) is 8.27. The molecule has 0 fully saturated rings. The van der Waals surface area contributed by atoms with Gasteiger partial charge in [0, 0.05) is 17.4 Å². The molecule has 1 N–H and O–H groups in total. The number of hydrogen-bond donors (Lipinski definition) is 1. The summed E-state index contributed by atoms with van der Waals surface area (Å²) in [4.78, 5) is 25.0. The normalized spacial score (nSPS) is 10.6. The van der Waals surface area contributed by atoms with E-state index in [4.69, 9.17) is 9.47 Å². The van der Waals surface area contributed by atoms with Gasteiger partial charge in [0.05, 0.1) is 13.7 Å². The Balaban J connectivity index is 1.60. The highest BCUT2D eigenvalue weighted by molar-refractivity contribution is 7.15. The molecular formula is C26H29NO4S. The van der Waals surface area contributed by atoms with Crippen LogP contribution in [0.15, 0.2) is 53.9 Å². The number of nitrogens with one attached hydrogen (secondary N) is 1. The van der Waals surface area contributed by atoms with Crippen molar-refractivity contribution in [2.75, 3.05) is 19.0 Å². The zero-order chi connectivity index (χ0) is 22.9. The Bertz CT molecular complexity index is 1040. The van der Waals surface area contributed by atoms with Crippen molar-refractivity contribution in [2.24, 2.45) is 0 Å². The average molecular weight is 452 g/mol. The smallest absolute Gasteiger partial charge is 0.341 e. The van der Waals surface area contributed by atoms with Crippen molar-refractivity contribution in [1.82, 2.24) is 0 Å². The molecule has 3 aromatic rings. The van der Waals surface area contributed by atoms with Crippen LogP contribution in [-0.4, -0.2) is 25.6 Å². The van der Waals surface area contributed by atoms with E-state index in [1.807, 2.05) is 53.9 Å². The first-order valence-corrected chi connectivity index (χ1v) is 11.7. The molecule has 32 heavy (non-hydrogen) atoms. The number of anilines is 1. The van der Waals surface area contributed by atoms with Crippen molar-refractivity contribution < 1.29 is 19.1 Å². The van der Waals surface area contributed by atoms with Gasteiger partial charge in [-0.3, -0.25) is 4.79 Å². The summed E-state index contributed by atoms with van der Waals surface area (Å²) in [5.41, 5.74) is 4.55. The van der Waals surface area contributed by atoms with E-state index in [-0.39, 0.29) is 5.91 Å². The third kappa shape index (κ3) is 5.98.